The Kier molecular flexibility index (Phi) is 1.40. The lowest BCUT2D eigenvalue weighted by molar-refractivity contribution is 0.146. The molecule has 2 heterocycles. The van der Waals surface area contributed by atoms with Crippen LogP contribution in [0.15, 0.2) is 6.20 Å². The summed E-state index contributed by atoms with van der Waals surface area (Å²) in [5, 5.41) is 3.39. The fourth-order valence-electron chi connectivity index (χ4n) is 1.96. The van der Waals surface area contributed by atoms with Gasteiger partial charge in [0.05, 0.1) is 11.7 Å². The topological polar surface area (TPSA) is 73.1 Å². The first kappa shape index (κ1) is 7.84. The van der Waals surface area contributed by atoms with E-state index in [2.05, 4.69) is 15.3 Å². The molecule has 74 valence electrons. The molecule has 5 nitrogen and oxygen atoms in total. The Morgan fingerprint density at radius 3 is 3.07 bits per heavy atom. The summed E-state index contributed by atoms with van der Waals surface area (Å²) in [5.41, 5.74) is 5.63. The maximum absolute atomic E-state index is 5.59. The van der Waals surface area contributed by atoms with E-state index >= 15 is 0 Å². The maximum atomic E-state index is 5.59. The second-order valence-corrected chi connectivity index (χ2v) is 3.99. The molecule has 1 spiro atoms. The zero-order chi connectivity index (χ0) is 9.60. The van der Waals surface area contributed by atoms with Gasteiger partial charge in [-0.25, -0.2) is 4.98 Å². The van der Waals surface area contributed by atoms with Gasteiger partial charge in [0.15, 0.2) is 11.6 Å². The molecule has 0 bridgehead atoms. The van der Waals surface area contributed by atoms with Gasteiger partial charge in [0, 0.05) is 0 Å². The van der Waals surface area contributed by atoms with Crippen LogP contribution in [0.4, 0.5) is 11.8 Å². The molecule has 1 saturated carbocycles. The van der Waals surface area contributed by atoms with Crippen molar-refractivity contribution in [1.82, 2.24) is 9.97 Å². The summed E-state index contributed by atoms with van der Waals surface area (Å²) in [4.78, 5) is 8.01. The van der Waals surface area contributed by atoms with Crippen LogP contribution in [-0.2, 0) is 0 Å². The van der Waals surface area contributed by atoms with Crippen molar-refractivity contribution >= 4 is 11.8 Å². The van der Waals surface area contributed by atoms with E-state index in [0.29, 0.717) is 12.4 Å². The highest BCUT2D eigenvalue weighted by Crippen LogP contribution is 2.41. The molecule has 1 aromatic heterocycles. The molecule has 1 fully saturated rings. The number of hydrogen-bond acceptors (Lipinski definition) is 5. The summed E-state index contributed by atoms with van der Waals surface area (Å²) < 4.78 is 5.59. The number of fused-ring (bicyclic) bond motifs is 1. The third kappa shape index (κ3) is 1.01. The number of nitrogens with one attached hydrogen (secondary N) is 1. The molecule has 1 aliphatic heterocycles. The van der Waals surface area contributed by atoms with Gasteiger partial charge in [0.1, 0.15) is 6.61 Å². The molecular weight excluding hydrogens is 180 g/mol. The zero-order valence-corrected chi connectivity index (χ0v) is 7.79. The Hall–Kier alpha value is -1.52. The number of nitrogens with zero attached hydrogens (tertiary/aromatic N) is 2. The van der Waals surface area contributed by atoms with E-state index in [-0.39, 0.29) is 11.5 Å². The monoisotopic (exact) mass is 192 g/mol. The van der Waals surface area contributed by atoms with E-state index in [1.807, 2.05) is 0 Å². The Bertz CT molecular complexity index is 375. The second kappa shape index (κ2) is 2.50. The first-order valence-electron chi connectivity index (χ1n) is 4.81. The molecule has 0 saturated heterocycles. The molecule has 0 unspecified atom stereocenters. The first-order chi connectivity index (χ1) is 6.77. The van der Waals surface area contributed by atoms with Crippen LogP contribution in [0.1, 0.15) is 19.3 Å². The minimum atomic E-state index is 0.119. The lowest BCUT2D eigenvalue weighted by Gasteiger charge is -2.45. The number of rotatable bonds is 0. The summed E-state index contributed by atoms with van der Waals surface area (Å²) >= 11 is 0. The van der Waals surface area contributed by atoms with Gasteiger partial charge < -0.3 is 15.8 Å². The predicted octanol–water partition coefficient (Wildman–Crippen LogP) is 0.786. The Balaban J connectivity index is 1.96. The Morgan fingerprint density at radius 2 is 2.36 bits per heavy atom. The molecule has 3 N–H and O–H groups in total. The average Bonchev–Trinajstić information content (AvgIpc) is 2.14. The number of hydrogen-bond donors (Lipinski definition) is 2. The molecular formula is C9H12N4O. The summed E-state index contributed by atoms with van der Waals surface area (Å²) in [5.74, 6) is 1.73. The van der Waals surface area contributed by atoms with Gasteiger partial charge in [0.25, 0.3) is 0 Å². The summed E-state index contributed by atoms with van der Waals surface area (Å²) in [6.45, 7) is 0.716. The zero-order valence-electron chi connectivity index (χ0n) is 7.79. The predicted molar refractivity (Wildman–Crippen MR) is 52.1 cm³/mol. The highest BCUT2D eigenvalue weighted by Gasteiger charge is 2.41. The van der Waals surface area contributed by atoms with Crippen molar-refractivity contribution in [3.05, 3.63) is 6.20 Å². The lowest BCUT2D eigenvalue weighted by Crippen LogP contribution is -2.52. The molecule has 1 aliphatic carbocycles. The molecule has 5 heteroatoms. The van der Waals surface area contributed by atoms with Crippen molar-refractivity contribution in [2.75, 3.05) is 17.7 Å². The van der Waals surface area contributed by atoms with E-state index in [0.717, 1.165) is 18.7 Å². The van der Waals surface area contributed by atoms with Crippen LogP contribution < -0.4 is 15.8 Å². The molecule has 0 aromatic carbocycles. The van der Waals surface area contributed by atoms with E-state index in [9.17, 15) is 0 Å². The van der Waals surface area contributed by atoms with Crippen molar-refractivity contribution < 1.29 is 4.74 Å². The van der Waals surface area contributed by atoms with Crippen LogP contribution in [0.3, 0.4) is 0 Å². The summed E-state index contributed by atoms with van der Waals surface area (Å²) in [7, 11) is 0. The van der Waals surface area contributed by atoms with Crippen molar-refractivity contribution in [3.8, 4) is 5.75 Å². The normalized spacial score (nSPS) is 21.7. The second-order valence-electron chi connectivity index (χ2n) is 3.99. The van der Waals surface area contributed by atoms with Crippen LogP contribution in [0.25, 0.3) is 0 Å². The fraction of sp³-hybridized carbons (Fsp3) is 0.556. The van der Waals surface area contributed by atoms with Gasteiger partial charge in [-0.2, -0.15) is 4.98 Å². The molecule has 3 rings (SSSR count). The van der Waals surface area contributed by atoms with Gasteiger partial charge in [-0.3, -0.25) is 0 Å². The number of ether oxygens (including phenoxy) is 1. The van der Waals surface area contributed by atoms with E-state index in [4.69, 9.17) is 10.5 Å². The van der Waals surface area contributed by atoms with E-state index < -0.39 is 0 Å². The molecule has 0 atom stereocenters. The third-order valence-electron chi connectivity index (χ3n) is 2.97. The fourth-order valence-corrected chi connectivity index (χ4v) is 1.96. The van der Waals surface area contributed by atoms with Crippen molar-refractivity contribution in [2.45, 2.75) is 24.8 Å². The standard InChI is InChI=1S/C9H12N4O/c10-8-11-4-6-7(12-8)13-9(5-14-6)2-1-3-9/h4H,1-3,5H2,(H3,10,11,12,13). The number of nitrogens with two attached hydrogens (primary N) is 1. The van der Waals surface area contributed by atoms with Crippen LogP contribution in [0, 0.1) is 0 Å². The highest BCUT2D eigenvalue weighted by molar-refractivity contribution is 5.55. The Labute approximate surface area is 81.7 Å². The summed E-state index contributed by atoms with van der Waals surface area (Å²) in [6, 6.07) is 0. The minimum Gasteiger partial charge on any atom is -0.486 e. The largest absolute Gasteiger partial charge is 0.486 e. The van der Waals surface area contributed by atoms with Crippen molar-refractivity contribution in [2.24, 2.45) is 0 Å². The van der Waals surface area contributed by atoms with Crippen LogP contribution in [0.2, 0.25) is 0 Å². The smallest absolute Gasteiger partial charge is 0.222 e. The van der Waals surface area contributed by atoms with Gasteiger partial charge in [0.2, 0.25) is 5.95 Å². The van der Waals surface area contributed by atoms with Crippen molar-refractivity contribution in [1.29, 1.82) is 0 Å². The maximum Gasteiger partial charge on any atom is 0.222 e. The average molecular weight is 192 g/mol. The molecule has 0 radical (unpaired) electrons. The number of anilines is 2. The lowest BCUT2D eigenvalue weighted by atomic mass is 9.77. The van der Waals surface area contributed by atoms with E-state index in [1.165, 1.54) is 6.42 Å². The van der Waals surface area contributed by atoms with Gasteiger partial charge >= 0.3 is 0 Å². The number of nitrogen functional groups attached to an aromatic ring is 1. The van der Waals surface area contributed by atoms with Gasteiger partial charge in [-0.1, -0.05) is 0 Å². The van der Waals surface area contributed by atoms with Crippen LogP contribution in [-0.4, -0.2) is 22.1 Å². The van der Waals surface area contributed by atoms with Crippen LogP contribution in [0.5, 0.6) is 5.75 Å². The SMILES string of the molecule is Nc1ncc2c(n1)NC1(CCC1)CO2. The number of aromatic nitrogens is 2. The molecule has 2 aliphatic rings. The van der Waals surface area contributed by atoms with Gasteiger partial charge in [-0.05, 0) is 19.3 Å². The summed E-state index contributed by atoms with van der Waals surface area (Å²) in [6.07, 6.45) is 5.18. The quantitative estimate of drug-likeness (QED) is 0.635. The first-order valence-corrected chi connectivity index (χ1v) is 4.81. The highest BCUT2D eigenvalue weighted by atomic mass is 16.5. The molecule has 14 heavy (non-hydrogen) atoms. The Morgan fingerprint density at radius 1 is 1.50 bits per heavy atom. The van der Waals surface area contributed by atoms with Crippen LogP contribution >= 0.6 is 0 Å². The van der Waals surface area contributed by atoms with Crippen molar-refractivity contribution in [3.63, 3.8) is 0 Å². The van der Waals surface area contributed by atoms with Gasteiger partial charge in [-0.15, -0.1) is 0 Å². The molecule has 1 aromatic rings. The molecule has 0 amide bonds. The minimum absolute atomic E-state index is 0.119. The third-order valence-corrected chi connectivity index (χ3v) is 2.97. The van der Waals surface area contributed by atoms with E-state index in [1.54, 1.807) is 6.20 Å².